The molecule has 2 rings (SSSR count). The number of hydrogen-bond acceptors (Lipinski definition) is 4. The predicted molar refractivity (Wildman–Crippen MR) is 57.3 cm³/mol. The van der Waals surface area contributed by atoms with Gasteiger partial charge in [-0.1, -0.05) is 6.07 Å². The second-order valence-electron chi connectivity index (χ2n) is 2.87. The van der Waals surface area contributed by atoms with Crippen molar-refractivity contribution < 1.29 is 4.74 Å². The van der Waals surface area contributed by atoms with Gasteiger partial charge in [0.25, 0.3) is 0 Å². The van der Waals surface area contributed by atoms with Crippen molar-refractivity contribution in [1.82, 2.24) is 14.8 Å². The van der Waals surface area contributed by atoms with Crippen molar-refractivity contribution in [2.75, 3.05) is 12.8 Å². The van der Waals surface area contributed by atoms with Gasteiger partial charge in [0.05, 0.1) is 12.8 Å². The summed E-state index contributed by atoms with van der Waals surface area (Å²) in [7, 11) is 1.48. The fraction of sp³-hybridized carbons (Fsp3) is 0.111. The van der Waals surface area contributed by atoms with E-state index in [9.17, 15) is 0 Å². The lowest BCUT2D eigenvalue weighted by Crippen LogP contribution is -1.98. The van der Waals surface area contributed by atoms with E-state index in [4.69, 9.17) is 22.1 Å². The minimum atomic E-state index is 0.224. The van der Waals surface area contributed by atoms with Crippen molar-refractivity contribution in [3.05, 3.63) is 29.5 Å². The van der Waals surface area contributed by atoms with Gasteiger partial charge in [-0.3, -0.25) is 0 Å². The number of halogens is 1. The van der Waals surface area contributed by atoms with Crippen LogP contribution >= 0.6 is 11.6 Å². The summed E-state index contributed by atoms with van der Waals surface area (Å²) in [5, 5.41) is 4.27. The van der Waals surface area contributed by atoms with Crippen LogP contribution in [0.15, 0.2) is 24.3 Å². The average molecular weight is 225 g/mol. The maximum Gasteiger partial charge on any atom is 0.336 e. The van der Waals surface area contributed by atoms with Crippen molar-refractivity contribution in [3.8, 4) is 11.7 Å². The van der Waals surface area contributed by atoms with E-state index >= 15 is 0 Å². The van der Waals surface area contributed by atoms with Gasteiger partial charge in [-0.25, -0.2) is 0 Å². The monoisotopic (exact) mass is 224 g/mol. The molecule has 2 aromatic rings. The highest BCUT2D eigenvalue weighted by Crippen LogP contribution is 2.18. The van der Waals surface area contributed by atoms with Crippen molar-refractivity contribution >= 4 is 17.3 Å². The average Bonchev–Trinajstić information content (AvgIpc) is 2.60. The summed E-state index contributed by atoms with van der Waals surface area (Å²) in [5.74, 6) is 0. The number of anilines is 1. The Morgan fingerprint density at radius 2 is 2.27 bits per heavy atom. The lowest BCUT2D eigenvalue weighted by atomic mass is 10.3. The molecular weight excluding hydrogens is 216 g/mol. The Morgan fingerprint density at radius 1 is 1.47 bits per heavy atom. The topological polar surface area (TPSA) is 66.0 Å². The van der Waals surface area contributed by atoms with Gasteiger partial charge in [0, 0.05) is 5.69 Å². The van der Waals surface area contributed by atoms with Gasteiger partial charge in [-0.05, 0) is 29.8 Å². The SMILES string of the molecule is COc1nc(Cl)n(-c2cccc(N)c2)n1. The third kappa shape index (κ3) is 1.87. The van der Waals surface area contributed by atoms with E-state index in [1.807, 2.05) is 12.1 Å². The first-order chi connectivity index (χ1) is 7.20. The highest BCUT2D eigenvalue weighted by Gasteiger charge is 2.09. The van der Waals surface area contributed by atoms with Crippen LogP contribution in [0, 0.1) is 0 Å². The highest BCUT2D eigenvalue weighted by molar-refractivity contribution is 6.28. The number of nitrogens with zero attached hydrogens (tertiary/aromatic N) is 3. The van der Waals surface area contributed by atoms with Gasteiger partial charge in [0.2, 0.25) is 5.28 Å². The van der Waals surface area contributed by atoms with Crippen LogP contribution in [0.3, 0.4) is 0 Å². The lowest BCUT2D eigenvalue weighted by molar-refractivity contribution is 0.380. The molecule has 1 heterocycles. The number of aromatic nitrogens is 3. The van der Waals surface area contributed by atoms with Crippen molar-refractivity contribution in [1.29, 1.82) is 0 Å². The highest BCUT2D eigenvalue weighted by atomic mass is 35.5. The molecule has 5 nitrogen and oxygen atoms in total. The summed E-state index contributed by atoms with van der Waals surface area (Å²) in [5.41, 5.74) is 7.03. The van der Waals surface area contributed by atoms with Crippen LogP contribution in [0.25, 0.3) is 5.69 Å². The van der Waals surface area contributed by atoms with Gasteiger partial charge in [0.1, 0.15) is 0 Å². The first-order valence-corrected chi connectivity index (χ1v) is 4.61. The standard InChI is InChI=1S/C9H9ClN4O/c1-15-9-12-8(10)14(13-9)7-4-2-3-6(11)5-7/h2-5H,11H2,1H3. The van der Waals surface area contributed by atoms with Crippen molar-refractivity contribution in [2.24, 2.45) is 0 Å². The Morgan fingerprint density at radius 3 is 2.87 bits per heavy atom. The molecule has 0 saturated heterocycles. The second kappa shape index (κ2) is 3.78. The summed E-state index contributed by atoms with van der Waals surface area (Å²) in [6, 6.07) is 7.40. The summed E-state index contributed by atoms with van der Waals surface area (Å²) in [4.78, 5) is 3.89. The van der Waals surface area contributed by atoms with E-state index in [1.54, 1.807) is 12.1 Å². The van der Waals surface area contributed by atoms with Gasteiger partial charge >= 0.3 is 6.01 Å². The fourth-order valence-corrected chi connectivity index (χ4v) is 1.39. The Labute approximate surface area is 91.4 Å². The largest absolute Gasteiger partial charge is 0.466 e. The number of hydrogen-bond donors (Lipinski definition) is 1. The molecule has 0 aliphatic carbocycles. The van der Waals surface area contributed by atoms with Crippen LogP contribution in [0.1, 0.15) is 0 Å². The summed E-state index contributed by atoms with van der Waals surface area (Å²) in [6.45, 7) is 0. The van der Waals surface area contributed by atoms with Gasteiger partial charge in [0.15, 0.2) is 0 Å². The minimum absolute atomic E-state index is 0.224. The van der Waals surface area contributed by atoms with Crippen molar-refractivity contribution in [2.45, 2.75) is 0 Å². The molecule has 1 aromatic carbocycles. The number of benzene rings is 1. The van der Waals surface area contributed by atoms with Gasteiger partial charge in [-0.2, -0.15) is 9.67 Å². The summed E-state index contributed by atoms with van der Waals surface area (Å²) >= 11 is 5.88. The maximum absolute atomic E-state index is 5.88. The zero-order valence-corrected chi connectivity index (χ0v) is 8.77. The molecule has 0 radical (unpaired) electrons. The summed E-state index contributed by atoms with van der Waals surface area (Å²) in [6.07, 6.45) is 0. The Bertz CT molecular complexity index is 483. The van der Waals surface area contributed by atoms with Crippen LogP contribution in [0.5, 0.6) is 6.01 Å². The number of ether oxygens (including phenoxy) is 1. The maximum atomic E-state index is 5.88. The predicted octanol–water partition coefficient (Wildman–Crippen LogP) is 1.51. The molecule has 0 bridgehead atoms. The Hall–Kier alpha value is -1.75. The molecule has 2 N–H and O–H groups in total. The molecule has 0 aliphatic heterocycles. The van der Waals surface area contributed by atoms with Gasteiger partial charge in [-0.15, -0.1) is 5.10 Å². The van der Waals surface area contributed by atoms with Crippen LogP contribution in [0.2, 0.25) is 5.28 Å². The molecule has 0 fully saturated rings. The molecule has 0 aliphatic rings. The van der Waals surface area contributed by atoms with Gasteiger partial charge < -0.3 is 10.5 Å². The van der Waals surface area contributed by atoms with E-state index < -0.39 is 0 Å². The smallest absolute Gasteiger partial charge is 0.336 e. The zero-order chi connectivity index (χ0) is 10.8. The third-order valence-corrected chi connectivity index (χ3v) is 2.09. The van der Waals surface area contributed by atoms with E-state index in [-0.39, 0.29) is 11.3 Å². The molecule has 78 valence electrons. The number of nitrogens with two attached hydrogens (primary N) is 1. The van der Waals surface area contributed by atoms with E-state index in [0.29, 0.717) is 5.69 Å². The zero-order valence-electron chi connectivity index (χ0n) is 8.01. The molecule has 0 unspecified atom stereocenters. The Kier molecular flexibility index (Phi) is 2.47. The Balaban J connectivity index is 2.48. The number of nitrogen functional groups attached to an aromatic ring is 1. The third-order valence-electron chi connectivity index (χ3n) is 1.85. The van der Waals surface area contributed by atoms with E-state index in [1.165, 1.54) is 11.8 Å². The first-order valence-electron chi connectivity index (χ1n) is 4.23. The van der Waals surface area contributed by atoms with E-state index in [0.717, 1.165) is 5.69 Å². The quantitative estimate of drug-likeness (QED) is 0.786. The molecule has 0 spiro atoms. The summed E-state index contributed by atoms with van der Waals surface area (Å²) < 4.78 is 6.32. The minimum Gasteiger partial charge on any atom is -0.466 e. The fourth-order valence-electron chi connectivity index (χ4n) is 1.18. The number of methoxy groups -OCH3 is 1. The molecule has 0 atom stereocenters. The molecule has 0 amide bonds. The molecule has 15 heavy (non-hydrogen) atoms. The lowest BCUT2D eigenvalue weighted by Gasteiger charge is -2.01. The molecule has 0 saturated carbocycles. The van der Waals surface area contributed by atoms with Crippen LogP contribution in [-0.2, 0) is 0 Å². The normalized spacial score (nSPS) is 10.3. The van der Waals surface area contributed by atoms with E-state index in [2.05, 4.69) is 10.1 Å². The van der Waals surface area contributed by atoms with Crippen LogP contribution in [0.4, 0.5) is 5.69 Å². The molecular formula is C9H9ClN4O. The first kappa shape index (κ1) is 9.79. The van der Waals surface area contributed by atoms with Crippen LogP contribution in [-0.4, -0.2) is 21.9 Å². The van der Waals surface area contributed by atoms with Crippen LogP contribution < -0.4 is 10.5 Å². The molecule has 6 heteroatoms. The second-order valence-corrected chi connectivity index (χ2v) is 3.21. The number of rotatable bonds is 2. The van der Waals surface area contributed by atoms with Crippen molar-refractivity contribution in [3.63, 3.8) is 0 Å². The molecule has 1 aromatic heterocycles.